The average Bonchev–Trinajstić information content (AvgIpc) is 2.83. The SMILES string of the molecule is CCOC(=O)CN1CCN(Cc2ccc(Cl)nc2)/C1=N\[N+](=O)[O-]. The summed E-state index contributed by atoms with van der Waals surface area (Å²) in [5.41, 5.74) is 0.837. The first-order valence-corrected chi connectivity index (χ1v) is 7.36. The topological polar surface area (TPSA) is 101 Å². The van der Waals surface area contributed by atoms with Gasteiger partial charge in [0.05, 0.1) is 6.61 Å². The van der Waals surface area contributed by atoms with Crippen molar-refractivity contribution in [2.75, 3.05) is 26.2 Å². The summed E-state index contributed by atoms with van der Waals surface area (Å²) < 4.78 is 4.88. The highest BCUT2D eigenvalue weighted by Gasteiger charge is 2.31. The van der Waals surface area contributed by atoms with E-state index >= 15 is 0 Å². The molecule has 1 saturated heterocycles. The molecule has 2 rings (SSSR count). The number of ether oxygens (including phenoxy) is 1. The first kappa shape index (κ1) is 16.9. The van der Waals surface area contributed by atoms with Crippen molar-refractivity contribution in [3.63, 3.8) is 0 Å². The lowest BCUT2D eigenvalue weighted by Gasteiger charge is -2.19. The van der Waals surface area contributed by atoms with Crippen molar-refractivity contribution >= 4 is 23.5 Å². The second-order valence-corrected chi connectivity index (χ2v) is 5.16. The number of esters is 1. The molecule has 1 aliphatic heterocycles. The molecule has 124 valence electrons. The number of rotatable bonds is 6. The summed E-state index contributed by atoms with van der Waals surface area (Å²) in [4.78, 5) is 29.6. The van der Waals surface area contributed by atoms with E-state index in [1.54, 1.807) is 30.2 Å². The Balaban J connectivity index is 2.11. The minimum atomic E-state index is -0.772. The predicted molar refractivity (Wildman–Crippen MR) is 82.3 cm³/mol. The van der Waals surface area contributed by atoms with Gasteiger partial charge in [-0.2, -0.15) is 0 Å². The van der Waals surface area contributed by atoms with Crippen LogP contribution >= 0.6 is 11.6 Å². The van der Waals surface area contributed by atoms with Crippen molar-refractivity contribution in [1.29, 1.82) is 0 Å². The van der Waals surface area contributed by atoms with Gasteiger partial charge in [0, 0.05) is 25.8 Å². The number of carbonyl (C=O) groups is 1. The average molecular weight is 342 g/mol. The van der Waals surface area contributed by atoms with Gasteiger partial charge in [0.2, 0.25) is 0 Å². The molecular formula is C13H16ClN5O4. The molecule has 0 radical (unpaired) electrons. The number of aromatic nitrogens is 1. The molecule has 0 aromatic carbocycles. The van der Waals surface area contributed by atoms with Gasteiger partial charge in [-0.3, -0.25) is 4.79 Å². The Kier molecular flexibility index (Phi) is 5.69. The number of halogens is 1. The van der Waals surface area contributed by atoms with Crippen LogP contribution in [0.25, 0.3) is 0 Å². The third-order valence-corrected chi connectivity index (χ3v) is 3.39. The highest BCUT2D eigenvalue weighted by atomic mass is 35.5. The van der Waals surface area contributed by atoms with Crippen LogP contribution in [0.1, 0.15) is 12.5 Å². The van der Waals surface area contributed by atoms with Crippen molar-refractivity contribution in [3.05, 3.63) is 39.2 Å². The van der Waals surface area contributed by atoms with Crippen LogP contribution in [-0.2, 0) is 16.1 Å². The van der Waals surface area contributed by atoms with Crippen molar-refractivity contribution < 1.29 is 14.6 Å². The molecule has 9 nitrogen and oxygen atoms in total. The second kappa shape index (κ2) is 7.73. The number of hydrogen-bond acceptors (Lipinski definition) is 5. The lowest BCUT2D eigenvalue weighted by Crippen LogP contribution is -2.37. The summed E-state index contributed by atoms with van der Waals surface area (Å²) in [5.74, 6) is -0.309. The van der Waals surface area contributed by atoms with E-state index < -0.39 is 11.0 Å². The number of carbonyl (C=O) groups excluding carboxylic acids is 1. The number of pyridine rings is 1. The second-order valence-electron chi connectivity index (χ2n) is 4.78. The third kappa shape index (κ3) is 4.78. The molecule has 0 amide bonds. The van der Waals surface area contributed by atoms with Gasteiger partial charge in [-0.25, -0.2) is 15.1 Å². The van der Waals surface area contributed by atoms with Crippen LogP contribution in [0.3, 0.4) is 0 Å². The number of hydrazone groups is 1. The number of guanidine groups is 1. The molecule has 1 aromatic heterocycles. The molecule has 0 spiro atoms. The van der Waals surface area contributed by atoms with Gasteiger partial charge in [0.25, 0.3) is 5.96 Å². The summed E-state index contributed by atoms with van der Waals surface area (Å²) in [5, 5.41) is 13.8. The smallest absolute Gasteiger partial charge is 0.325 e. The molecule has 0 N–H and O–H groups in total. The molecule has 0 aliphatic carbocycles. The Morgan fingerprint density at radius 2 is 2.22 bits per heavy atom. The summed E-state index contributed by atoms with van der Waals surface area (Å²) in [7, 11) is 0. The lowest BCUT2D eigenvalue weighted by atomic mass is 10.3. The minimum Gasteiger partial charge on any atom is -0.465 e. The van der Waals surface area contributed by atoms with E-state index in [4.69, 9.17) is 16.3 Å². The summed E-state index contributed by atoms with van der Waals surface area (Å²) >= 11 is 5.74. The Morgan fingerprint density at radius 1 is 1.48 bits per heavy atom. The lowest BCUT2D eigenvalue weighted by molar-refractivity contribution is -0.486. The molecular weight excluding hydrogens is 326 g/mol. The zero-order valence-corrected chi connectivity index (χ0v) is 13.3. The van der Waals surface area contributed by atoms with Crippen LogP contribution in [0.2, 0.25) is 5.15 Å². The number of nitrogens with zero attached hydrogens (tertiary/aromatic N) is 5. The molecule has 2 heterocycles. The Bertz CT molecular complexity index is 607. The van der Waals surface area contributed by atoms with Crippen molar-refractivity contribution in [2.24, 2.45) is 5.10 Å². The van der Waals surface area contributed by atoms with E-state index in [1.165, 1.54) is 4.90 Å². The van der Waals surface area contributed by atoms with E-state index in [0.29, 0.717) is 24.8 Å². The summed E-state index contributed by atoms with van der Waals surface area (Å²) in [6.07, 6.45) is 1.60. The monoisotopic (exact) mass is 341 g/mol. The quantitative estimate of drug-likeness (QED) is 0.329. The molecule has 1 aromatic rings. The Labute approximate surface area is 137 Å². The van der Waals surface area contributed by atoms with Gasteiger partial charge in [-0.15, -0.1) is 0 Å². The zero-order valence-electron chi connectivity index (χ0n) is 12.5. The maximum atomic E-state index is 11.6. The van der Waals surface area contributed by atoms with Crippen LogP contribution in [0.15, 0.2) is 23.4 Å². The normalized spacial score (nSPS) is 16.0. The molecule has 0 atom stereocenters. The molecule has 10 heteroatoms. The highest BCUT2D eigenvalue weighted by molar-refractivity contribution is 6.29. The molecule has 1 aliphatic rings. The fraction of sp³-hybridized carbons (Fsp3) is 0.462. The molecule has 0 unspecified atom stereocenters. The van der Waals surface area contributed by atoms with Crippen LogP contribution in [0.4, 0.5) is 0 Å². The summed E-state index contributed by atoms with van der Waals surface area (Å²) in [6, 6.07) is 3.43. The van der Waals surface area contributed by atoms with Gasteiger partial charge in [-0.1, -0.05) is 17.7 Å². The van der Waals surface area contributed by atoms with E-state index in [-0.39, 0.29) is 19.1 Å². The number of hydrogen-bond donors (Lipinski definition) is 0. The van der Waals surface area contributed by atoms with E-state index in [0.717, 1.165) is 5.56 Å². The van der Waals surface area contributed by atoms with Gasteiger partial charge in [0.15, 0.2) is 5.03 Å². The maximum Gasteiger partial charge on any atom is 0.325 e. The largest absolute Gasteiger partial charge is 0.465 e. The minimum absolute atomic E-state index is 0.0735. The fourth-order valence-corrected chi connectivity index (χ4v) is 2.34. The summed E-state index contributed by atoms with van der Waals surface area (Å²) in [6.45, 7) is 3.23. The third-order valence-electron chi connectivity index (χ3n) is 3.16. The van der Waals surface area contributed by atoms with Crippen molar-refractivity contribution in [3.8, 4) is 0 Å². The van der Waals surface area contributed by atoms with Gasteiger partial charge < -0.3 is 14.5 Å². The molecule has 23 heavy (non-hydrogen) atoms. The van der Waals surface area contributed by atoms with Crippen LogP contribution in [0, 0.1) is 10.1 Å². The molecule has 0 bridgehead atoms. The van der Waals surface area contributed by atoms with E-state index in [1.807, 2.05) is 0 Å². The van der Waals surface area contributed by atoms with Crippen LogP contribution in [-0.4, -0.2) is 58.0 Å². The van der Waals surface area contributed by atoms with Crippen molar-refractivity contribution in [2.45, 2.75) is 13.5 Å². The van der Waals surface area contributed by atoms with Crippen molar-refractivity contribution in [1.82, 2.24) is 14.8 Å². The first-order valence-electron chi connectivity index (χ1n) is 6.98. The van der Waals surface area contributed by atoms with Crippen LogP contribution < -0.4 is 0 Å². The predicted octanol–water partition coefficient (Wildman–Crippen LogP) is 0.963. The van der Waals surface area contributed by atoms with E-state index in [2.05, 4.69) is 10.1 Å². The Hall–Kier alpha value is -2.42. The van der Waals surface area contributed by atoms with E-state index in [9.17, 15) is 14.9 Å². The molecule has 1 fully saturated rings. The fourth-order valence-electron chi connectivity index (χ4n) is 2.22. The highest BCUT2D eigenvalue weighted by Crippen LogP contribution is 2.15. The number of nitro groups is 1. The zero-order chi connectivity index (χ0) is 16.8. The van der Waals surface area contributed by atoms with Crippen LogP contribution in [0.5, 0.6) is 0 Å². The van der Waals surface area contributed by atoms with Gasteiger partial charge in [-0.05, 0) is 18.6 Å². The maximum absolute atomic E-state index is 11.6. The Morgan fingerprint density at radius 3 is 2.83 bits per heavy atom. The molecule has 0 saturated carbocycles. The van der Waals surface area contributed by atoms with Gasteiger partial charge in [0.1, 0.15) is 16.8 Å². The first-order chi connectivity index (χ1) is 11.0. The van der Waals surface area contributed by atoms with Gasteiger partial charge >= 0.3 is 5.97 Å². The standard InChI is InChI=1S/C13H16ClN5O4/c1-2-23-12(20)9-18-6-5-17(13(18)16-19(21)22)8-10-3-4-11(14)15-7-10/h3-4,7H,2,5-6,8-9H2,1H3/b16-13+.